The number of carboxylic acids is 1. The number of carbonyl (C=O) groups excluding carboxylic acids is 2. The average molecular weight is 446 g/mol. The van der Waals surface area contributed by atoms with Gasteiger partial charge in [0.25, 0.3) is 5.91 Å². The highest BCUT2D eigenvalue weighted by molar-refractivity contribution is 6.27. The molecule has 0 aromatic rings. The molecule has 0 aromatic heterocycles. The SMILES string of the molecule is CC(C)C(O)(CC1C(=O)/C(=C(O)/C=C/[C@H]2[C@@H]3CCCC[C@H]3C=C[C@H]2C)C(=O)N1C)C(=O)O. The first-order valence-corrected chi connectivity index (χ1v) is 11.6. The van der Waals surface area contributed by atoms with Crippen molar-refractivity contribution in [3.05, 3.63) is 35.6 Å². The molecule has 0 bridgehead atoms. The third kappa shape index (κ3) is 4.27. The largest absolute Gasteiger partial charge is 0.507 e. The summed E-state index contributed by atoms with van der Waals surface area (Å²) in [5, 5.41) is 30.8. The summed E-state index contributed by atoms with van der Waals surface area (Å²) in [6.45, 7) is 5.23. The second kappa shape index (κ2) is 9.22. The summed E-state index contributed by atoms with van der Waals surface area (Å²) in [6, 6.07) is -1.14. The van der Waals surface area contributed by atoms with E-state index in [4.69, 9.17) is 0 Å². The Balaban J connectivity index is 1.85. The molecular weight excluding hydrogens is 410 g/mol. The number of hydrogen-bond acceptors (Lipinski definition) is 5. The molecule has 0 spiro atoms. The molecular formula is C25H35NO6. The van der Waals surface area contributed by atoms with Crippen LogP contribution in [0.5, 0.6) is 0 Å². The molecule has 0 aromatic carbocycles. The highest BCUT2D eigenvalue weighted by Crippen LogP contribution is 2.43. The zero-order valence-corrected chi connectivity index (χ0v) is 19.3. The van der Waals surface area contributed by atoms with Crippen LogP contribution in [-0.4, -0.2) is 56.6 Å². The second-order valence-electron chi connectivity index (χ2n) is 9.94. The minimum atomic E-state index is -2.16. The Morgan fingerprint density at radius 1 is 1.22 bits per heavy atom. The van der Waals surface area contributed by atoms with Crippen LogP contribution < -0.4 is 0 Å². The lowest BCUT2D eigenvalue weighted by molar-refractivity contribution is -0.166. The van der Waals surface area contributed by atoms with Crippen molar-refractivity contribution in [1.82, 2.24) is 4.90 Å². The van der Waals surface area contributed by atoms with E-state index < -0.39 is 47.4 Å². The molecule has 7 nitrogen and oxygen atoms in total. The minimum Gasteiger partial charge on any atom is -0.507 e. The number of nitrogens with zero attached hydrogens (tertiary/aromatic N) is 1. The molecule has 3 rings (SSSR count). The summed E-state index contributed by atoms with van der Waals surface area (Å²) in [5.74, 6) is -2.30. The number of Topliss-reactive ketones (excluding diaryl/α,β-unsaturated/α-hetero) is 1. The molecule has 3 N–H and O–H groups in total. The van der Waals surface area contributed by atoms with Gasteiger partial charge >= 0.3 is 5.97 Å². The lowest BCUT2D eigenvalue weighted by atomic mass is 9.65. The molecule has 1 saturated heterocycles. The van der Waals surface area contributed by atoms with Crippen molar-refractivity contribution in [2.24, 2.45) is 29.6 Å². The van der Waals surface area contributed by atoms with E-state index in [1.807, 2.05) is 6.08 Å². The Morgan fingerprint density at radius 3 is 2.50 bits per heavy atom. The smallest absolute Gasteiger partial charge is 0.336 e. The zero-order valence-electron chi connectivity index (χ0n) is 19.3. The van der Waals surface area contributed by atoms with Crippen LogP contribution in [0.15, 0.2) is 35.6 Å². The highest BCUT2D eigenvalue weighted by Gasteiger charge is 2.50. The van der Waals surface area contributed by atoms with Gasteiger partial charge in [-0.15, -0.1) is 0 Å². The van der Waals surface area contributed by atoms with Crippen molar-refractivity contribution >= 4 is 17.7 Å². The van der Waals surface area contributed by atoms with Crippen LogP contribution in [0.4, 0.5) is 0 Å². The van der Waals surface area contributed by atoms with Gasteiger partial charge < -0.3 is 20.2 Å². The number of rotatable bonds is 6. The number of carboxylic acid groups (broad SMARTS) is 1. The van der Waals surface area contributed by atoms with Crippen molar-refractivity contribution in [1.29, 1.82) is 0 Å². The molecule has 1 amide bonds. The van der Waals surface area contributed by atoms with E-state index in [0.717, 1.165) is 17.7 Å². The number of amides is 1. The van der Waals surface area contributed by atoms with Crippen LogP contribution in [0.25, 0.3) is 0 Å². The number of aliphatic carboxylic acids is 1. The van der Waals surface area contributed by atoms with Crippen LogP contribution >= 0.6 is 0 Å². The summed E-state index contributed by atoms with van der Waals surface area (Å²) in [4.78, 5) is 38.5. The summed E-state index contributed by atoms with van der Waals surface area (Å²) in [5.41, 5.74) is -2.50. The first-order chi connectivity index (χ1) is 15.0. The fourth-order valence-corrected chi connectivity index (χ4v) is 5.44. The van der Waals surface area contributed by atoms with Crippen LogP contribution in [0.2, 0.25) is 0 Å². The van der Waals surface area contributed by atoms with Crippen molar-refractivity contribution in [2.45, 2.75) is 64.5 Å². The molecule has 1 saturated carbocycles. The fourth-order valence-electron chi connectivity index (χ4n) is 5.44. The van der Waals surface area contributed by atoms with Gasteiger partial charge in [0.1, 0.15) is 11.3 Å². The van der Waals surface area contributed by atoms with E-state index in [-0.39, 0.29) is 11.5 Å². The molecule has 32 heavy (non-hydrogen) atoms. The molecule has 2 fully saturated rings. The third-order valence-electron chi connectivity index (χ3n) is 7.75. The van der Waals surface area contributed by atoms with E-state index in [1.165, 1.54) is 26.0 Å². The number of allylic oxidation sites excluding steroid dienone is 4. The Hall–Kier alpha value is -2.41. The number of aliphatic hydroxyl groups is 2. The molecule has 2 aliphatic carbocycles. The standard InChI is InChI=1S/C25H35NO6/c1-14(2)25(32,24(30)31)13-19-22(28)21(23(29)26(19)4)20(27)12-11-17-15(3)9-10-16-7-5-6-8-18(16)17/h9-12,14-19,27,32H,5-8,13H2,1-4H3,(H,30,31)/b12-11+,21-20+/t15-,16+,17-,18-,19?,25?/m1/s1. The van der Waals surface area contributed by atoms with Gasteiger partial charge in [0.05, 0.1) is 6.04 Å². The lowest BCUT2D eigenvalue weighted by Gasteiger charge is -2.40. The summed E-state index contributed by atoms with van der Waals surface area (Å²) < 4.78 is 0. The molecule has 0 radical (unpaired) electrons. The van der Waals surface area contributed by atoms with Gasteiger partial charge in [0.15, 0.2) is 11.4 Å². The number of fused-ring (bicyclic) bond motifs is 1. The molecule has 1 heterocycles. The number of hydrogen-bond donors (Lipinski definition) is 3. The van der Waals surface area contributed by atoms with Crippen molar-refractivity contribution in [3.8, 4) is 0 Å². The van der Waals surface area contributed by atoms with Crippen LogP contribution in [0.3, 0.4) is 0 Å². The maximum Gasteiger partial charge on any atom is 0.336 e. The van der Waals surface area contributed by atoms with Gasteiger partial charge in [-0.2, -0.15) is 0 Å². The molecule has 176 valence electrons. The summed E-state index contributed by atoms with van der Waals surface area (Å²) >= 11 is 0. The summed E-state index contributed by atoms with van der Waals surface area (Å²) in [6.07, 6.45) is 12.1. The number of carbonyl (C=O) groups is 3. The Morgan fingerprint density at radius 2 is 1.88 bits per heavy atom. The van der Waals surface area contributed by atoms with Gasteiger partial charge in [-0.3, -0.25) is 9.59 Å². The minimum absolute atomic E-state index is 0.214. The molecule has 7 heteroatoms. The van der Waals surface area contributed by atoms with Crippen LogP contribution in [-0.2, 0) is 14.4 Å². The van der Waals surface area contributed by atoms with Crippen molar-refractivity contribution in [2.75, 3.05) is 7.05 Å². The van der Waals surface area contributed by atoms with Crippen molar-refractivity contribution in [3.63, 3.8) is 0 Å². The van der Waals surface area contributed by atoms with Gasteiger partial charge in [-0.25, -0.2) is 4.79 Å². The third-order valence-corrected chi connectivity index (χ3v) is 7.75. The zero-order chi connectivity index (χ0) is 23.8. The van der Waals surface area contributed by atoms with Crippen LogP contribution in [0, 0.1) is 29.6 Å². The molecule has 6 atom stereocenters. The molecule has 3 aliphatic rings. The first kappa shape index (κ1) is 24.2. The maximum atomic E-state index is 13.0. The van der Waals surface area contributed by atoms with Crippen molar-refractivity contribution < 1.29 is 29.7 Å². The lowest BCUT2D eigenvalue weighted by Crippen LogP contribution is -2.49. The number of likely N-dealkylation sites (N-methyl/N-ethyl adjacent to an activating group) is 1. The number of aliphatic hydroxyl groups excluding tert-OH is 1. The highest BCUT2D eigenvalue weighted by atomic mass is 16.4. The van der Waals surface area contributed by atoms with E-state index in [2.05, 4.69) is 19.1 Å². The van der Waals surface area contributed by atoms with Gasteiger partial charge in [-0.1, -0.05) is 51.8 Å². The fraction of sp³-hybridized carbons (Fsp3) is 0.640. The normalized spacial score (nSPS) is 34.2. The van der Waals surface area contributed by atoms with E-state index >= 15 is 0 Å². The Bertz CT molecular complexity index is 872. The van der Waals surface area contributed by atoms with Gasteiger partial charge in [0.2, 0.25) is 0 Å². The Labute approximate surface area is 189 Å². The van der Waals surface area contributed by atoms with Crippen LogP contribution in [0.1, 0.15) is 52.9 Å². The first-order valence-electron chi connectivity index (χ1n) is 11.6. The monoisotopic (exact) mass is 445 g/mol. The quantitative estimate of drug-likeness (QED) is 0.250. The Kier molecular flexibility index (Phi) is 6.98. The predicted molar refractivity (Wildman–Crippen MR) is 120 cm³/mol. The molecule has 2 unspecified atom stereocenters. The maximum absolute atomic E-state index is 13.0. The summed E-state index contributed by atoms with van der Waals surface area (Å²) in [7, 11) is 1.39. The molecule has 1 aliphatic heterocycles. The number of likely N-dealkylation sites (tertiary alicyclic amines) is 1. The van der Waals surface area contributed by atoms with Gasteiger partial charge in [0, 0.05) is 13.5 Å². The van der Waals surface area contributed by atoms with E-state index in [9.17, 15) is 29.7 Å². The second-order valence-corrected chi connectivity index (χ2v) is 9.94. The number of ketones is 1. The average Bonchev–Trinajstić information content (AvgIpc) is 2.95. The van der Waals surface area contributed by atoms with E-state index in [1.54, 1.807) is 13.8 Å². The predicted octanol–water partition coefficient (Wildman–Crippen LogP) is 3.25. The topological polar surface area (TPSA) is 115 Å². The van der Waals surface area contributed by atoms with E-state index in [0.29, 0.717) is 17.8 Å². The van der Waals surface area contributed by atoms with Gasteiger partial charge in [-0.05, 0) is 48.5 Å².